The van der Waals surface area contributed by atoms with Crippen LogP contribution < -0.4 is 0 Å². The normalized spacial score (nSPS) is 14.3. The summed E-state index contributed by atoms with van der Waals surface area (Å²) in [7, 11) is -2.10. The topological polar surface area (TPSA) is 46.5 Å². The molecule has 1 N–H and O–H groups in total. The number of aliphatic carboxylic acids is 1. The summed E-state index contributed by atoms with van der Waals surface area (Å²) < 4.78 is 6.07. The minimum Gasteiger partial charge on any atom is -0.481 e. The van der Waals surface area contributed by atoms with Gasteiger partial charge in [-0.25, -0.2) is 0 Å². The first-order chi connectivity index (χ1) is 5.35. The Balaban J connectivity index is 3.92. The van der Waals surface area contributed by atoms with E-state index in [0.29, 0.717) is 4.43 Å². The Bertz CT molecular complexity index is 159. The van der Waals surface area contributed by atoms with E-state index in [1.165, 1.54) is 0 Å². The van der Waals surface area contributed by atoms with Gasteiger partial charge in [0.1, 0.15) is 0 Å². The second-order valence-electron chi connectivity index (χ2n) is 2.86. The number of carboxylic acid groups (broad SMARTS) is 1. The molecule has 6 heteroatoms. The van der Waals surface area contributed by atoms with Crippen LogP contribution in [0.15, 0.2) is 0 Å². The van der Waals surface area contributed by atoms with Gasteiger partial charge < -0.3 is 9.53 Å². The van der Waals surface area contributed by atoms with Gasteiger partial charge in [-0.05, 0) is 13.1 Å². The van der Waals surface area contributed by atoms with Crippen molar-refractivity contribution in [3.05, 3.63) is 0 Å². The average molecular weight is 323 g/mol. The van der Waals surface area contributed by atoms with Crippen LogP contribution in [0.1, 0.15) is 6.42 Å². The summed E-state index contributed by atoms with van der Waals surface area (Å²) in [4.78, 5) is 10.3. The molecule has 1 atom stereocenters. The first kappa shape index (κ1) is 12.7. The van der Waals surface area contributed by atoms with E-state index in [2.05, 4.69) is 22.6 Å². The van der Waals surface area contributed by atoms with Crippen LogP contribution in [-0.4, -0.2) is 29.2 Å². The molecule has 0 saturated heterocycles. The number of rotatable bonds is 5. The number of carbonyl (C=O) groups is 1. The summed E-state index contributed by atoms with van der Waals surface area (Å²) in [5, 5.41) is 8.50. The molecule has 0 aromatic heterocycles. The van der Waals surface area contributed by atoms with E-state index in [-0.39, 0.29) is 12.5 Å². The monoisotopic (exact) mass is 322 g/mol. The highest BCUT2D eigenvalue weighted by molar-refractivity contribution is 14.1. The van der Waals surface area contributed by atoms with E-state index in [1.807, 2.05) is 13.1 Å². The van der Waals surface area contributed by atoms with Crippen molar-refractivity contribution in [2.75, 3.05) is 4.43 Å². The van der Waals surface area contributed by atoms with Gasteiger partial charge in [-0.1, -0.05) is 22.6 Å². The fourth-order valence-corrected chi connectivity index (χ4v) is 2.89. The lowest BCUT2D eigenvalue weighted by molar-refractivity contribution is -0.138. The largest absolute Gasteiger partial charge is 0.481 e. The van der Waals surface area contributed by atoms with Gasteiger partial charge in [-0.3, -0.25) is 4.79 Å². The number of hydrogen-bond donors (Lipinski definition) is 1. The van der Waals surface area contributed by atoms with Gasteiger partial charge in [0.05, 0.1) is 12.5 Å². The molecule has 0 amide bonds. The van der Waals surface area contributed by atoms with E-state index < -0.39 is 13.6 Å². The van der Waals surface area contributed by atoms with Crippen molar-refractivity contribution in [1.29, 1.82) is 0 Å². The molecule has 1 unspecified atom stereocenters. The van der Waals surface area contributed by atoms with E-state index >= 15 is 0 Å². The van der Waals surface area contributed by atoms with E-state index in [1.54, 1.807) is 0 Å². The third kappa shape index (κ3) is 7.32. The first-order valence-electron chi connectivity index (χ1n) is 3.49. The van der Waals surface area contributed by atoms with Crippen molar-refractivity contribution in [1.82, 2.24) is 0 Å². The molecule has 0 heterocycles. The lowest BCUT2D eigenvalue weighted by Gasteiger charge is -2.21. The molecular formula is C6H12ClIO3Si. The van der Waals surface area contributed by atoms with Gasteiger partial charge in [-0.2, -0.15) is 0 Å². The van der Waals surface area contributed by atoms with Crippen LogP contribution >= 0.6 is 33.7 Å². The number of halogens is 2. The van der Waals surface area contributed by atoms with Crippen LogP contribution in [0.3, 0.4) is 0 Å². The summed E-state index contributed by atoms with van der Waals surface area (Å²) in [5.41, 5.74) is 0. The molecule has 12 heavy (non-hydrogen) atoms. The Morgan fingerprint density at radius 2 is 2.25 bits per heavy atom. The molecule has 0 rings (SSSR count). The molecular weight excluding hydrogens is 311 g/mol. The molecule has 0 aliphatic carbocycles. The fourth-order valence-electron chi connectivity index (χ4n) is 0.719. The zero-order valence-corrected chi connectivity index (χ0v) is 10.9. The van der Waals surface area contributed by atoms with E-state index in [0.717, 1.165) is 0 Å². The van der Waals surface area contributed by atoms with Crippen LogP contribution in [0.5, 0.6) is 0 Å². The van der Waals surface area contributed by atoms with Crippen molar-refractivity contribution < 1.29 is 14.3 Å². The van der Waals surface area contributed by atoms with Crippen LogP contribution in [0.2, 0.25) is 13.1 Å². The molecule has 3 nitrogen and oxygen atoms in total. The quantitative estimate of drug-likeness (QED) is 0.365. The summed E-state index contributed by atoms with van der Waals surface area (Å²) >= 11 is 8.01. The second kappa shape index (κ2) is 5.41. The minimum absolute atomic E-state index is 0.0338. The van der Waals surface area contributed by atoms with Gasteiger partial charge >= 0.3 is 5.97 Å². The van der Waals surface area contributed by atoms with Crippen LogP contribution in [0.25, 0.3) is 0 Å². The minimum atomic E-state index is -2.10. The molecule has 72 valence electrons. The summed E-state index contributed by atoms with van der Waals surface area (Å²) in [6.45, 7) is 3.66. The summed E-state index contributed by atoms with van der Waals surface area (Å²) in [6, 6.07) is 0. The maximum absolute atomic E-state index is 10.3. The van der Waals surface area contributed by atoms with Gasteiger partial charge in [-0.15, -0.1) is 11.1 Å². The molecule has 0 bridgehead atoms. The number of carboxylic acids is 1. The van der Waals surface area contributed by atoms with Crippen molar-refractivity contribution in [2.24, 2.45) is 0 Å². The molecule has 0 radical (unpaired) electrons. The predicted octanol–water partition coefficient (Wildman–Crippen LogP) is 2.22. The molecule has 0 aromatic rings. The molecule has 0 aromatic carbocycles. The summed E-state index contributed by atoms with van der Waals surface area (Å²) in [6.07, 6.45) is -0.214. The Morgan fingerprint density at radius 3 is 2.50 bits per heavy atom. The molecule has 0 fully saturated rings. The molecule has 0 saturated carbocycles. The maximum atomic E-state index is 10.3. The van der Waals surface area contributed by atoms with Crippen molar-refractivity contribution in [2.45, 2.75) is 25.6 Å². The lowest BCUT2D eigenvalue weighted by atomic mass is 10.3. The Hall–Kier alpha value is 0.667. The lowest BCUT2D eigenvalue weighted by Crippen LogP contribution is -2.32. The Labute approximate surface area is 91.4 Å². The Morgan fingerprint density at radius 1 is 1.75 bits per heavy atom. The van der Waals surface area contributed by atoms with Gasteiger partial charge in [0.25, 0.3) is 7.63 Å². The van der Waals surface area contributed by atoms with E-state index in [4.69, 9.17) is 20.6 Å². The van der Waals surface area contributed by atoms with Crippen LogP contribution in [-0.2, 0) is 9.22 Å². The fraction of sp³-hybridized carbons (Fsp3) is 0.833. The van der Waals surface area contributed by atoms with Crippen molar-refractivity contribution in [3.63, 3.8) is 0 Å². The molecule has 0 spiro atoms. The summed E-state index contributed by atoms with van der Waals surface area (Å²) in [5.74, 6) is -0.841. The smallest absolute Gasteiger partial charge is 0.305 e. The zero-order valence-electron chi connectivity index (χ0n) is 7.01. The van der Waals surface area contributed by atoms with E-state index in [9.17, 15) is 4.79 Å². The van der Waals surface area contributed by atoms with Crippen molar-refractivity contribution in [3.8, 4) is 0 Å². The number of alkyl halides is 1. The standard InChI is InChI=1S/C6H12ClIO3Si/c1-12(2,7)11-5(4-8)3-6(9)10/h5H,3-4H2,1-2H3,(H,9,10). The average Bonchev–Trinajstić information content (AvgIpc) is 1.82. The first-order valence-corrected chi connectivity index (χ1v) is 8.94. The van der Waals surface area contributed by atoms with Crippen molar-refractivity contribution >= 4 is 47.3 Å². The van der Waals surface area contributed by atoms with Gasteiger partial charge in [0.2, 0.25) is 0 Å². The SMILES string of the molecule is C[Si](C)(Cl)OC(CI)CC(=O)O. The Kier molecular flexibility index (Phi) is 5.71. The molecule has 0 aliphatic heterocycles. The predicted molar refractivity (Wildman–Crippen MR) is 59.3 cm³/mol. The highest BCUT2D eigenvalue weighted by atomic mass is 127. The molecule has 0 aliphatic rings. The third-order valence-electron chi connectivity index (χ3n) is 1.02. The second-order valence-corrected chi connectivity index (χ2v) is 9.43. The highest BCUT2D eigenvalue weighted by Gasteiger charge is 2.24. The van der Waals surface area contributed by atoms with Crippen LogP contribution in [0.4, 0.5) is 0 Å². The third-order valence-corrected chi connectivity index (χ3v) is 3.16. The van der Waals surface area contributed by atoms with Gasteiger partial charge in [0, 0.05) is 4.43 Å². The maximum Gasteiger partial charge on any atom is 0.305 e. The number of hydrogen-bond acceptors (Lipinski definition) is 2. The van der Waals surface area contributed by atoms with Crippen LogP contribution in [0, 0.1) is 0 Å². The zero-order chi connectivity index (χ0) is 9.78. The highest BCUT2D eigenvalue weighted by Crippen LogP contribution is 2.15. The van der Waals surface area contributed by atoms with Gasteiger partial charge in [0.15, 0.2) is 0 Å².